The third kappa shape index (κ3) is 4.24. The fourth-order valence-electron chi connectivity index (χ4n) is 1.97. The van der Waals surface area contributed by atoms with Gasteiger partial charge in [0, 0.05) is 10.8 Å². The first-order valence-corrected chi connectivity index (χ1v) is 8.33. The molecular weight excluding hydrogens is 335 g/mol. The van der Waals surface area contributed by atoms with Crippen LogP contribution in [0.15, 0.2) is 60.0 Å². The van der Waals surface area contributed by atoms with E-state index in [9.17, 15) is 4.39 Å². The van der Waals surface area contributed by atoms with Crippen molar-refractivity contribution in [2.45, 2.75) is 17.5 Å². The maximum Gasteiger partial charge on any atom is 0.210 e. The minimum atomic E-state index is -0.208. The quantitative estimate of drug-likeness (QED) is 0.681. The summed E-state index contributed by atoms with van der Waals surface area (Å²) in [4.78, 5) is 0. The Morgan fingerprint density at radius 3 is 2.70 bits per heavy atom. The number of rotatable bonds is 6. The maximum atomic E-state index is 13.6. The summed E-state index contributed by atoms with van der Waals surface area (Å²) in [6.45, 7) is 0.614. The maximum absolute atomic E-state index is 13.6. The molecule has 0 saturated carbocycles. The normalized spacial score (nSPS) is 10.7. The predicted octanol–water partition coefficient (Wildman–Crippen LogP) is 4.11. The third-order valence-electron chi connectivity index (χ3n) is 3.20. The minimum Gasteiger partial charge on any atom is -0.318 e. The number of nitrogens with one attached hydrogen (secondary N) is 1. The zero-order valence-electron chi connectivity index (χ0n) is 12.1. The highest BCUT2D eigenvalue weighted by Crippen LogP contribution is 2.21. The van der Waals surface area contributed by atoms with E-state index in [1.54, 1.807) is 23.1 Å². The Bertz CT molecular complexity index is 776. The van der Waals surface area contributed by atoms with Gasteiger partial charge >= 0.3 is 0 Å². The molecule has 0 unspecified atom stereocenters. The molecule has 1 aromatic heterocycles. The molecule has 0 saturated heterocycles. The van der Waals surface area contributed by atoms with E-state index < -0.39 is 0 Å². The molecule has 0 atom stereocenters. The second kappa shape index (κ2) is 7.48. The average Bonchev–Trinajstić information content (AvgIpc) is 3.01. The Morgan fingerprint density at radius 1 is 1.13 bits per heavy atom. The predicted molar refractivity (Wildman–Crippen MR) is 90.5 cm³/mol. The van der Waals surface area contributed by atoms with Crippen molar-refractivity contribution in [3.8, 4) is 0 Å². The number of thioether (sulfide) groups is 1. The van der Waals surface area contributed by atoms with E-state index in [4.69, 9.17) is 11.6 Å². The van der Waals surface area contributed by atoms with Crippen LogP contribution in [-0.4, -0.2) is 14.9 Å². The van der Waals surface area contributed by atoms with Crippen LogP contribution < -0.4 is 5.43 Å². The summed E-state index contributed by atoms with van der Waals surface area (Å²) < 4.78 is 15.4. The molecule has 1 N–H and O–H groups in total. The Balaban J connectivity index is 1.61. The average molecular weight is 349 g/mol. The molecule has 7 heteroatoms. The molecule has 0 aliphatic heterocycles. The fraction of sp³-hybridized carbons (Fsp3) is 0.125. The van der Waals surface area contributed by atoms with Gasteiger partial charge in [-0.1, -0.05) is 53.7 Å². The van der Waals surface area contributed by atoms with Crippen molar-refractivity contribution >= 4 is 23.4 Å². The molecule has 3 rings (SSSR count). The van der Waals surface area contributed by atoms with Crippen LogP contribution in [0.3, 0.4) is 0 Å². The van der Waals surface area contributed by atoms with Gasteiger partial charge in [-0.2, -0.15) is 0 Å². The van der Waals surface area contributed by atoms with Crippen LogP contribution >= 0.6 is 23.4 Å². The zero-order valence-corrected chi connectivity index (χ0v) is 13.7. The van der Waals surface area contributed by atoms with Gasteiger partial charge in [0.2, 0.25) is 5.16 Å². The van der Waals surface area contributed by atoms with E-state index in [0.29, 0.717) is 28.0 Å². The molecule has 23 heavy (non-hydrogen) atoms. The van der Waals surface area contributed by atoms with Crippen LogP contribution in [0.5, 0.6) is 0 Å². The van der Waals surface area contributed by atoms with Crippen molar-refractivity contribution in [3.63, 3.8) is 0 Å². The smallest absolute Gasteiger partial charge is 0.210 e. The van der Waals surface area contributed by atoms with Crippen LogP contribution in [0, 0.1) is 5.82 Å². The highest BCUT2D eigenvalue weighted by atomic mass is 35.5. The Hall–Kier alpha value is -2.05. The summed E-state index contributed by atoms with van der Waals surface area (Å²) in [6, 6.07) is 14.3. The van der Waals surface area contributed by atoms with Gasteiger partial charge in [0.1, 0.15) is 12.1 Å². The van der Waals surface area contributed by atoms with Gasteiger partial charge < -0.3 is 5.43 Å². The number of benzene rings is 2. The Morgan fingerprint density at radius 2 is 1.91 bits per heavy atom. The molecule has 2 aromatic carbocycles. The van der Waals surface area contributed by atoms with Gasteiger partial charge in [0.15, 0.2) is 0 Å². The standard InChI is InChI=1S/C16H14ClFN4S/c17-14-7-5-12(6-8-14)9-20-22-11-19-21-16(22)23-10-13-3-1-2-4-15(13)18/h1-8,11,20H,9-10H2. The molecule has 0 spiro atoms. The molecule has 0 amide bonds. The largest absolute Gasteiger partial charge is 0.318 e. The lowest BCUT2D eigenvalue weighted by Gasteiger charge is -2.09. The summed E-state index contributed by atoms with van der Waals surface area (Å²) >= 11 is 7.29. The number of hydrogen-bond donors (Lipinski definition) is 1. The Kier molecular flexibility index (Phi) is 5.15. The van der Waals surface area contributed by atoms with Gasteiger partial charge in [-0.3, -0.25) is 0 Å². The summed E-state index contributed by atoms with van der Waals surface area (Å²) in [5, 5.41) is 9.35. The first kappa shape index (κ1) is 15.8. The SMILES string of the molecule is Fc1ccccc1CSc1nncn1NCc1ccc(Cl)cc1. The van der Waals surface area contributed by atoms with E-state index >= 15 is 0 Å². The first-order chi connectivity index (χ1) is 11.2. The molecule has 118 valence electrons. The molecule has 3 aromatic rings. The number of halogens is 2. The monoisotopic (exact) mass is 348 g/mol. The number of nitrogens with zero attached hydrogens (tertiary/aromatic N) is 3. The fourth-order valence-corrected chi connectivity index (χ4v) is 2.97. The molecule has 1 heterocycles. The van der Waals surface area contributed by atoms with Gasteiger partial charge in [-0.25, -0.2) is 9.07 Å². The molecule has 0 fully saturated rings. The lowest BCUT2D eigenvalue weighted by Crippen LogP contribution is -2.14. The van der Waals surface area contributed by atoms with Crippen molar-refractivity contribution in [2.75, 3.05) is 5.43 Å². The molecule has 0 bridgehead atoms. The van der Waals surface area contributed by atoms with E-state index in [1.165, 1.54) is 17.8 Å². The van der Waals surface area contributed by atoms with E-state index in [-0.39, 0.29) is 5.82 Å². The minimum absolute atomic E-state index is 0.208. The van der Waals surface area contributed by atoms with E-state index in [1.807, 2.05) is 30.3 Å². The molecular formula is C16H14ClFN4S. The van der Waals surface area contributed by atoms with Crippen LogP contribution in [-0.2, 0) is 12.3 Å². The van der Waals surface area contributed by atoms with Crippen LogP contribution in [0.1, 0.15) is 11.1 Å². The van der Waals surface area contributed by atoms with E-state index in [0.717, 1.165) is 5.56 Å². The number of hydrogen-bond acceptors (Lipinski definition) is 4. The van der Waals surface area contributed by atoms with Gasteiger partial charge in [0.25, 0.3) is 0 Å². The highest BCUT2D eigenvalue weighted by molar-refractivity contribution is 7.98. The lowest BCUT2D eigenvalue weighted by atomic mass is 10.2. The van der Waals surface area contributed by atoms with Gasteiger partial charge in [-0.15, -0.1) is 10.2 Å². The molecule has 0 radical (unpaired) electrons. The second-order valence-corrected chi connectivity index (χ2v) is 6.20. The topological polar surface area (TPSA) is 42.7 Å². The highest BCUT2D eigenvalue weighted by Gasteiger charge is 2.07. The van der Waals surface area contributed by atoms with Crippen LogP contribution in [0.2, 0.25) is 5.02 Å². The lowest BCUT2D eigenvalue weighted by molar-refractivity contribution is 0.617. The molecule has 0 aliphatic rings. The van der Waals surface area contributed by atoms with Crippen molar-refractivity contribution in [3.05, 3.63) is 76.8 Å². The summed E-state index contributed by atoms with van der Waals surface area (Å²) in [5.41, 5.74) is 4.95. The summed E-state index contributed by atoms with van der Waals surface area (Å²) in [6.07, 6.45) is 1.60. The van der Waals surface area contributed by atoms with Gasteiger partial charge in [0.05, 0.1) is 6.54 Å². The van der Waals surface area contributed by atoms with Crippen molar-refractivity contribution in [2.24, 2.45) is 0 Å². The first-order valence-electron chi connectivity index (χ1n) is 6.97. The third-order valence-corrected chi connectivity index (χ3v) is 4.44. The van der Waals surface area contributed by atoms with Crippen molar-refractivity contribution < 1.29 is 4.39 Å². The Labute approximate surface area is 142 Å². The van der Waals surface area contributed by atoms with Crippen LogP contribution in [0.4, 0.5) is 4.39 Å². The molecule has 4 nitrogen and oxygen atoms in total. The van der Waals surface area contributed by atoms with Crippen molar-refractivity contribution in [1.29, 1.82) is 0 Å². The second-order valence-electron chi connectivity index (χ2n) is 4.82. The summed E-state index contributed by atoms with van der Waals surface area (Å²) in [7, 11) is 0. The molecule has 0 aliphatic carbocycles. The van der Waals surface area contributed by atoms with Gasteiger partial charge in [-0.05, 0) is 29.3 Å². The number of aromatic nitrogens is 3. The van der Waals surface area contributed by atoms with Crippen LogP contribution in [0.25, 0.3) is 0 Å². The van der Waals surface area contributed by atoms with E-state index in [2.05, 4.69) is 15.6 Å². The zero-order chi connectivity index (χ0) is 16.1. The summed E-state index contributed by atoms with van der Waals surface area (Å²) in [5.74, 6) is 0.286. The van der Waals surface area contributed by atoms with Crippen molar-refractivity contribution in [1.82, 2.24) is 14.9 Å².